The maximum Gasteiger partial charge on any atom is 0.232 e. The number of nitrogens with two attached hydrogens (primary N) is 1. The van der Waals surface area contributed by atoms with Crippen LogP contribution in [0.4, 0.5) is 0 Å². The van der Waals surface area contributed by atoms with Gasteiger partial charge in [0.1, 0.15) is 0 Å². The van der Waals surface area contributed by atoms with Gasteiger partial charge in [-0.05, 0) is 27.8 Å². The largest absolute Gasteiger partial charge is 0.393 e. The number of hydrogen-bond donors (Lipinski definition) is 1. The minimum Gasteiger partial charge on any atom is -0.393 e. The smallest absolute Gasteiger partial charge is 0.232 e. The number of carbonyl (C=O) groups is 1. The molecule has 0 aliphatic carbocycles. The summed E-state index contributed by atoms with van der Waals surface area (Å²) >= 11 is 4.86. The van der Waals surface area contributed by atoms with Crippen molar-refractivity contribution in [1.82, 2.24) is 9.80 Å². The van der Waals surface area contributed by atoms with Crippen LogP contribution in [0.2, 0.25) is 0 Å². The molecule has 0 aromatic carbocycles. The summed E-state index contributed by atoms with van der Waals surface area (Å²) in [6.07, 6.45) is 0. The summed E-state index contributed by atoms with van der Waals surface area (Å²) in [5, 5.41) is 0. The topological polar surface area (TPSA) is 49.6 Å². The maximum atomic E-state index is 12.1. The molecule has 0 aromatic rings. The fourth-order valence-electron chi connectivity index (χ4n) is 1.82. The van der Waals surface area contributed by atoms with E-state index in [4.69, 9.17) is 18.0 Å². The molecule has 1 rings (SSSR count). The second kappa shape index (κ2) is 4.67. The quantitative estimate of drug-likeness (QED) is 0.716. The van der Waals surface area contributed by atoms with Gasteiger partial charge in [0.2, 0.25) is 5.91 Å². The number of likely N-dealkylation sites (N-methyl/N-ethyl adjacent to an activating group) is 1. The highest BCUT2D eigenvalue weighted by Crippen LogP contribution is 2.20. The third kappa shape index (κ3) is 2.71. The molecule has 1 unspecified atom stereocenters. The first kappa shape index (κ1) is 13.4. The minimum absolute atomic E-state index is 0.0177. The van der Waals surface area contributed by atoms with Crippen LogP contribution in [0.3, 0.4) is 0 Å². The zero-order valence-corrected chi connectivity index (χ0v) is 11.3. The van der Waals surface area contributed by atoms with E-state index in [1.807, 2.05) is 4.90 Å². The van der Waals surface area contributed by atoms with E-state index in [1.54, 1.807) is 6.92 Å². The number of nitrogens with zero attached hydrogens (tertiary/aromatic N) is 2. The Hall–Kier alpha value is -0.680. The van der Waals surface area contributed by atoms with Gasteiger partial charge < -0.3 is 10.6 Å². The lowest BCUT2D eigenvalue weighted by molar-refractivity contribution is -0.137. The number of carbonyl (C=O) groups excluding carboxylic acids is 1. The van der Waals surface area contributed by atoms with E-state index in [2.05, 4.69) is 25.8 Å². The Kier molecular flexibility index (Phi) is 3.91. The molecule has 16 heavy (non-hydrogen) atoms. The molecule has 5 heteroatoms. The van der Waals surface area contributed by atoms with Crippen LogP contribution < -0.4 is 5.73 Å². The van der Waals surface area contributed by atoms with Crippen LogP contribution in [-0.4, -0.2) is 52.9 Å². The third-order valence-corrected chi connectivity index (χ3v) is 3.78. The molecule has 0 radical (unpaired) electrons. The van der Waals surface area contributed by atoms with Gasteiger partial charge in [-0.3, -0.25) is 9.69 Å². The van der Waals surface area contributed by atoms with Crippen molar-refractivity contribution in [3.63, 3.8) is 0 Å². The minimum atomic E-state index is -0.353. The summed E-state index contributed by atoms with van der Waals surface area (Å²) in [6, 6.07) is 0. The molecule has 0 bridgehead atoms. The molecular formula is C11H21N3OS. The Morgan fingerprint density at radius 2 is 2.00 bits per heavy atom. The van der Waals surface area contributed by atoms with Crippen LogP contribution in [-0.2, 0) is 4.79 Å². The van der Waals surface area contributed by atoms with E-state index in [1.165, 1.54) is 0 Å². The first-order valence-electron chi connectivity index (χ1n) is 5.55. The number of hydrogen-bond acceptors (Lipinski definition) is 3. The number of amides is 1. The molecular weight excluding hydrogens is 222 g/mol. The van der Waals surface area contributed by atoms with Gasteiger partial charge in [0.05, 0.1) is 10.9 Å². The molecule has 1 atom stereocenters. The van der Waals surface area contributed by atoms with Crippen molar-refractivity contribution < 1.29 is 4.79 Å². The second-order valence-corrected chi connectivity index (χ2v) is 5.59. The lowest BCUT2D eigenvalue weighted by atomic mass is 9.98. The predicted molar refractivity (Wildman–Crippen MR) is 69.2 cm³/mol. The fourth-order valence-corrected chi connectivity index (χ4v) is 1.92. The first-order chi connectivity index (χ1) is 7.25. The van der Waals surface area contributed by atoms with Crippen LogP contribution in [0, 0.1) is 5.92 Å². The lowest BCUT2D eigenvalue weighted by Gasteiger charge is -2.45. The Morgan fingerprint density at radius 1 is 1.44 bits per heavy atom. The molecule has 1 aliphatic heterocycles. The highest BCUT2D eigenvalue weighted by molar-refractivity contribution is 7.80. The van der Waals surface area contributed by atoms with Crippen molar-refractivity contribution >= 4 is 23.1 Å². The average Bonchev–Trinajstić information content (AvgIpc) is 2.19. The highest BCUT2D eigenvalue weighted by atomic mass is 32.1. The molecule has 1 heterocycles. The summed E-state index contributed by atoms with van der Waals surface area (Å²) in [6.45, 7) is 8.43. The van der Waals surface area contributed by atoms with Gasteiger partial charge >= 0.3 is 0 Å². The van der Waals surface area contributed by atoms with E-state index >= 15 is 0 Å². The molecule has 0 spiro atoms. The number of thiocarbonyl (C=S) groups is 1. The van der Waals surface area contributed by atoms with Crippen molar-refractivity contribution in [2.75, 3.05) is 26.7 Å². The van der Waals surface area contributed by atoms with Gasteiger partial charge in [-0.1, -0.05) is 12.2 Å². The van der Waals surface area contributed by atoms with Gasteiger partial charge in [0, 0.05) is 25.2 Å². The molecule has 0 aromatic heterocycles. The van der Waals surface area contributed by atoms with E-state index < -0.39 is 0 Å². The lowest BCUT2D eigenvalue weighted by Crippen LogP contribution is -2.60. The molecule has 92 valence electrons. The normalized spacial score (nSPS) is 22.9. The summed E-state index contributed by atoms with van der Waals surface area (Å²) in [4.78, 5) is 16.5. The average molecular weight is 243 g/mol. The molecule has 2 N–H and O–H groups in total. The summed E-state index contributed by atoms with van der Waals surface area (Å²) in [5.74, 6) is -0.303. The van der Waals surface area contributed by atoms with E-state index in [-0.39, 0.29) is 22.4 Å². The Morgan fingerprint density at radius 3 is 2.44 bits per heavy atom. The zero-order valence-electron chi connectivity index (χ0n) is 10.5. The van der Waals surface area contributed by atoms with Crippen molar-refractivity contribution in [2.24, 2.45) is 11.7 Å². The molecule has 1 saturated heterocycles. The van der Waals surface area contributed by atoms with Crippen LogP contribution in [0.15, 0.2) is 0 Å². The number of piperazine rings is 1. The zero-order chi connectivity index (χ0) is 12.5. The monoisotopic (exact) mass is 243 g/mol. The SMILES string of the molecule is CC(C(=O)N1CCN(C)C(C)(C)C1)C(N)=S. The van der Waals surface area contributed by atoms with E-state index in [0.717, 1.165) is 19.6 Å². The Bertz CT molecular complexity index is 304. The Balaban J connectivity index is 2.70. The van der Waals surface area contributed by atoms with Crippen molar-refractivity contribution in [1.29, 1.82) is 0 Å². The van der Waals surface area contributed by atoms with Crippen molar-refractivity contribution in [2.45, 2.75) is 26.3 Å². The predicted octanol–water partition coefficient (Wildman–Crippen LogP) is 0.461. The highest BCUT2D eigenvalue weighted by Gasteiger charge is 2.34. The van der Waals surface area contributed by atoms with E-state index in [9.17, 15) is 4.79 Å². The summed E-state index contributed by atoms with van der Waals surface area (Å²) < 4.78 is 0. The van der Waals surface area contributed by atoms with Crippen LogP contribution in [0.5, 0.6) is 0 Å². The fraction of sp³-hybridized carbons (Fsp3) is 0.818. The summed E-state index contributed by atoms with van der Waals surface area (Å²) in [7, 11) is 2.08. The third-order valence-electron chi connectivity index (χ3n) is 3.43. The number of rotatable bonds is 2. The molecule has 4 nitrogen and oxygen atoms in total. The Labute approximate surface area is 103 Å². The van der Waals surface area contributed by atoms with Crippen LogP contribution in [0.1, 0.15) is 20.8 Å². The maximum absolute atomic E-state index is 12.1. The standard InChI is InChI=1S/C11H21N3OS/c1-8(9(12)16)10(15)14-6-5-13(4)11(2,3)7-14/h8H,5-7H2,1-4H3,(H2,12,16). The molecule has 0 saturated carbocycles. The van der Waals surface area contributed by atoms with Gasteiger partial charge in [-0.15, -0.1) is 0 Å². The van der Waals surface area contributed by atoms with Crippen molar-refractivity contribution in [3.05, 3.63) is 0 Å². The van der Waals surface area contributed by atoms with Crippen LogP contribution >= 0.6 is 12.2 Å². The molecule has 1 aliphatic rings. The van der Waals surface area contributed by atoms with Gasteiger partial charge in [-0.2, -0.15) is 0 Å². The van der Waals surface area contributed by atoms with Gasteiger partial charge in [-0.25, -0.2) is 0 Å². The summed E-state index contributed by atoms with van der Waals surface area (Å²) in [5.41, 5.74) is 5.53. The van der Waals surface area contributed by atoms with Crippen molar-refractivity contribution in [3.8, 4) is 0 Å². The molecule has 1 amide bonds. The van der Waals surface area contributed by atoms with Gasteiger partial charge in [0.25, 0.3) is 0 Å². The first-order valence-corrected chi connectivity index (χ1v) is 5.96. The second-order valence-electron chi connectivity index (χ2n) is 5.12. The molecule has 1 fully saturated rings. The van der Waals surface area contributed by atoms with E-state index in [0.29, 0.717) is 0 Å². The van der Waals surface area contributed by atoms with Gasteiger partial charge in [0.15, 0.2) is 0 Å². The van der Waals surface area contributed by atoms with Crippen LogP contribution in [0.25, 0.3) is 0 Å².